The zero-order valence-electron chi connectivity index (χ0n) is 14.8. The second kappa shape index (κ2) is 7.25. The highest BCUT2D eigenvalue weighted by molar-refractivity contribution is 6.30. The molecule has 0 saturated carbocycles. The van der Waals surface area contributed by atoms with E-state index in [1.165, 1.54) is 5.56 Å². The summed E-state index contributed by atoms with van der Waals surface area (Å²) in [5.74, 6) is -0.137. The fourth-order valence-corrected chi connectivity index (χ4v) is 3.28. The molecule has 0 unspecified atom stereocenters. The lowest BCUT2D eigenvalue weighted by atomic mass is 10.1. The Bertz CT molecular complexity index is 1130. The SMILES string of the molecule is Cc1cccc(-n2cnc3cc(C(=O)NCc4cccc(Cl)c4)ccc32)c1. The Hall–Kier alpha value is -3.11. The third kappa shape index (κ3) is 3.71. The first-order chi connectivity index (χ1) is 13.1. The number of carbonyl (C=O) groups is 1. The van der Waals surface area contributed by atoms with Crippen molar-refractivity contribution in [3.05, 3.63) is 94.8 Å². The molecule has 0 saturated heterocycles. The van der Waals surface area contributed by atoms with Crippen LogP contribution in [0.1, 0.15) is 21.5 Å². The maximum absolute atomic E-state index is 12.5. The van der Waals surface area contributed by atoms with Crippen LogP contribution in [0.3, 0.4) is 0 Å². The molecule has 0 aliphatic carbocycles. The highest BCUT2D eigenvalue weighted by Gasteiger charge is 2.10. The summed E-state index contributed by atoms with van der Waals surface area (Å²) in [6, 6.07) is 21.2. The maximum Gasteiger partial charge on any atom is 0.251 e. The van der Waals surface area contributed by atoms with E-state index < -0.39 is 0 Å². The summed E-state index contributed by atoms with van der Waals surface area (Å²) in [7, 11) is 0. The molecule has 0 fully saturated rings. The number of carbonyl (C=O) groups excluding carboxylic acids is 1. The molecule has 0 bridgehead atoms. The summed E-state index contributed by atoms with van der Waals surface area (Å²) in [4.78, 5) is 17.0. The molecule has 1 amide bonds. The van der Waals surface area contributed by atoms with E-state index in [1.807, 2.05) is 59.2 Å². The van der Waals surface area contributed by atoms with E-state index >= 15 is 0 Å². The topological polar surface area (TPSA) is 46.9 Å². The first-order valence-electron chi connectivity index (χ1n) is 8.67. The summed E-state index contributed by atoms with van der Waals surface area (Å²) in [6.07, 6.45) is 1.78. The van der Waals surface area contributed by atoms with Gasteiger partial charge in [-0.2, -0.15) is 0 Å². The van der Waals surface area contributed by atoms with Gasteiger partial charge >= 0.3 is 0 Å². The molecule has 27 heavy (non-hydrogen) atoms. The minimum atomic E-state index is -0.137. The number of nitrogens with zero attached hydrogens (tertiary/aromatic N) is 2. The molecule has 1 N–H and O–H groups in total. The van der Waals surface area contributed by atoms with Gasteiger partial charge in [0.2, 0.25) is 0 Å². The average Bonchev–Trinajstić information content (AvgIpc) is 3.09. The van der Waals surface area contributed by atoms with Crippen molar-refractivity contribution in [2.45, 2.75) is 13.5 Å². The van der Waals surface area contributed by atoms with Crippen LogP contribution in [0.2, 0.25) is 5.02 Å². The van der Waals surface area contributed by atoms with Gasteiger partial charge in [0.05, 0.1) is 11.0 Å². The Balaban J connectivity index is 1.56. The molecule has 0 aliphatic rings. The van der Waals surface area contributed by atoms with Gasteiger partial charge in [-0.05, 0) is 60.5 Å². The summed E-state index contributed by atoms with van der Waals surface area (Å²) in [6.45, 7) is 2.49. The van der Waals surface area contributed by atoms with E-state index in [9.17, 15) is 4.79 Å². The molecule has 0 aliphatic heterocycles. The van der Waals surface area contributed by atoms with Crippen LogP contribution in [0.4, 0.5) is 0 Å². The van der Waals surface area contributed by atoms with E-state index in [2.05, 4.69) is 29.4 Å². The number of aryl methyl sites for hydroxylation is 1. The Morgan fingerprint density at radius 2 is 1.93 bits per heavy atom. The molecule has 134 valence electrons. The summed E-state index contributed by atoms with van der Waals surface area (Å²) < 4.78 is 2.02. The zero-order valence-corrected chi connectivity index (χ0v) is 15.6. The van der Waals surface area contributed by atoms with Crippen LogP contribution in [0.15, 0.2) is 73.1 Å². The standard InChI is InChI=1S/C22H18ClN3O/c1-15-4-2-7-19(10-15)26-14-25-20-12-17(8-9-21(20)26)22(27)24-13-16-5-3-6-18(23)11-16/h2-12,14H,13H2,1H3,(H,24,27). The van der Waals surface area contributed by atoms with Crippen LogP contribution in [-0.2, 0) is 6.54 Å². The van der Waals surface area contributed by atoms with Crippen LogP contribution < -0.4 is 5.32 Å². The highest BCUT2D eigenvalue weighted by atomic mass is 35.5. The normalized spacial score (nSPS) is 10.9. The van der Waals surface area contributed by atoms with E-state index in [4.69, 9.17) is 11.6 Å². The largest absolute Gasteiger partial charge is 0.348 e. The lowest BCUT2D eigenvalue weighted by Gasteiger charge is -2.07. The quantitative estimate of drug-likeness (QED) is 0.550. The van der Waals surface area contributed by atoms with Crippen molar-refractivity contribution in [2.24, 2.45) is 0 Å². The first kappa shape index (κ1) is 17.3. The van der Waals surface area contributed by atoms with Gasteiger partial charge in [0.15, 0.2) is 0 Å². The monoisotopic (exact) mass is 375 g/mol. The van der Waals surface area contributed by atoms with Crippen molar-refractivity contribution in [3.63, 3.8) is 0 Å². The van der Waals surface area contributed by atoms with Gasteiger partial charge in [-0.25, -0.2) is 4.98 Å². The highest BCUT2D eigenvalue weighted by Crippen LogP contribution is 2.20. The first-order valence-corrected chi connectivity index (χ1v) is 9.05. The van der Waals surface area contributed by atoms with Gasteiger partial charge in [-0.15, -0.1) is 0 Å². The van der Waals surface area contributed by atoms with Crippen molar-refractivity contribution in [1.82, 2.24) is 14.9 Å². The minimum absolute atomic E-state index is 0.137. The Kier molecular flexibility index (Phi) is 4.65. The van der Waals surface area contributed by atoms with Gasteiger partial charge in [0.1, 0.15) is 6.33 Å². The predicted octanol–water partition coefficient (Wildman–Crippen LogP) is 4.92. The third-order valence-corrected chi connectivity index (χ3v) is 4.67. The minimum Gasteiger partial charge on any atom is -0.348 e. The van der Waals surface area contributed by atoms with Gasteiger partial charge in [0, 0.05) is 22.8 Å². The van der Waals surface area contributed by atoms with E-state index in [0.717, 1.165) is 22.3 Å². The molecule has 0 spiro atoms. The van der Waals surface area contributed by atoms with E-state index in [-0.39, 0.29) is 5.91 Å². The van der Waals surface area contributed by atoms with Crippen LogP contribution >= 0.6 is 11.6 Å². The van der Waals surface area contributed by atoms with Gasteiger partial charge in [0.25, 0.3) is 5.91 Å². The molecule has 0 radical (unpaired) electrons. The number of fused-ring (bicyclic) bond motifs is 1. The van der Waals surface area contributed by atoms with Gasteiger partial charge < -0.3 is 5.32 Å². The van der Waals surface area contributed by atoms with Crippen LogP contribution in [-0.4, -0.2) is 15.5 Å². The van der Waals surface area contributed by atoms with Crippen molar-refractivity contribution in [1.29, 1.82) is 0 Å². The summed E-state index contributed by atoms with van der Waals surface area (Å²) in [5, 5.41) is 3.58. The Morgan fingerprint density at radius 3 is 2.74 bits per heavy atom. The fourth-order valence-electron chi connectivity index (χ4n) is 3.07. The maximum atomic E-state index is 12.5. The number of hydrogen-bond donors (Lipinski definition) is 1. The number of aromatic nitrogens is 2. The number of nitrogens with one attached hydrogen (secondary N) is 1. The van der Waals surface area contributed by atoms with Crippen molar-refractivity contribution >= 4 is 28.5 Å². The molecular weight excluding hydrogens is 358 g/mol. The van der Waals surface area contributed by atoms with Crippen LogP contribution in [0.5, 0.6) is 0 Å². The van der Waals surface area contributed by atoms with Gasteiger partial charge in [-0.1, -0.05) is 35.9 Å². The molecule has 3 aromatic carbocycles. The van der Waals surface area contributed by atoms with Crippen LogP contribution in [0.25, 0.3) is 16.7 Å². The van der Waals surface area contributed by atoms with Crippen molar-refractivity contribution in [3.8, 4) is 5.69 Å². The van der Waals surface area contributed by atoms with E-state index in [1.54, 1.807) is 6.33 Å². The summed E-state index contributed by atoms with van der Waals surface area (Å²) >= 11 is 5.98. The number of halogens is 1. The second-order valence-electron chi connectivity index (χ2n) is 6.47. The fraction of sp³-hybridized carbons (Fsp3) is 0.0909. The molecule has 5 heteroatoms. The number of imidazole rings is 1. The van der Waals surface area contributed by atoms with E-state index in [0.29, 0.717) is 17.1 Å². The zero-order chi connectivity index (χ0) is 18.8. The van der Waals surface area contributed by atoms with Crippen molar-refractivity contribution in [2.75, 3.05) is 0 Å². The molecular formula is C22H18ClN3O. The Morgan fingerprint density at radius 1 is 1.07 bits per heavy atom. The number of hydrogen-bond acceptors (Lipinski definition) is 2. The Labute approximate surface area is 162 Å². The van der Waals surface area contributed by atoms with Crippen molar-refractivity contribution < 1.29 is 4.79 Å². The predicted molar refractivity (Wildman–Crippen MR) is 108 cm³/mol. The average molecular weight is 376 g/mol. The summed E-state index contributed by atoms with van der Waals surface area (Å²) in [5.41, 5.74) is 5.53. The third-order valence-electron chi connectivity index (χ3n) is 4.43. The van der Waals surface area contributed by atoms with Crippen LogP contribution in [0, 0.1) is 6.92 Å². The molecule has 1 heterocycles. The molecule has 4 rings (SSSR count). The molecule has 4 nitrogen and oxygen atoms in total. The molecule has 4 aromatic rings. The lowest BCUT2D eigenvalue weighted by molar-refractivity contribution is 0.0951. The molecule has 0 atom stereocenters. The second-order valence-corrected chi connectivity index (χ2v) is 6.91. The van der Waals surface area contributed by atoms with Gasteiger partial charge in [-0.3, -0.25) is 9.36 Å². The lowest BCUT2D eigenvalue weighted by Crippen LogP contribution is -2.22. The molecule has 1 aromatic heterocycles. The smallest absolute Gasteiger partial charge is 0.251 e. The number of amides is 1. The number of rotatable bonds is 4. The number of benzene rings is 3.